The molecular formula is C11H6ClNO2. The Morgan fingerprint density at radius 1 is 1.53 bits per heavy atom. The van der Waals surface area contributed by atoms with Crippen molar-refractivity contribution in [1.82, 2.24) is 0 Å². The average Bonchev–Trinajstić information content (AvgIpc) is 2.26. The normalized spacial score (nSPS) is 8.33. The Kier molecular flexibility index (Phi) is 3.74. The minimum atomic E-state index is -0.615. The van der Waals surface area contributed by atoms with E-state index in [0.717, 1.165) is 0 Å². The van der Waals surface area contributed by atoms with Crippen LogP contribution in [0.15, 0.2) is 18.2 Å². The van der Waals surface area contributed by atoms with Crippen molar-refractivity contribution in [2.24, 2.45) is 0 Å². The number of nitriles is 1. The molecule has 1 rings (SSSR count). The van der Waals surface area contributed by atoms with E-state index in [1.807, 2.05) is 6.07 Å². The molecule has 0 bridgehead atoms. The first-order valence-electron chi connectivity index (χ1n) is 3.97. The Labute approximate surface area is 92.2 Å². The predicted molar refractivity (Wildman–Crippen MR) is 55.1 cm³/mol. The number of hydrogen-bond donors (Lipinski definition) is 0. The van der Waals surface area contributed by atoms with Gasteiger partial charge in [-0.15, -0.1) is 0 Å². The molecule has 15 heavy (non-hydrogen) atoms. The largest absolute Gasteiger partial charge is 0.459 e. The van der Waals surface area contributed by atoms with E-state index in [9.17, 15) is 4.79 Å². The standard InChI is InChI=1S/C11H6ClNO2/c1-15-11(14)5-3-8-2-4-9(7-13)10(12)6-8/h2,4,6H,1H3. The van der Waals surface area contributed by atoms with Gasteiger partial charge in [0, 0.05) is 11.5 Å². The van der Waals surface area contributed by atoms with Crippen molar-refractivity contribution < 1.29 is 9.53 Å². The highest BCUT2D eigenvalue weighted by Gasteiger charge is 1.99. The van der Waals surface area contributed by atoms with Crippen LogP contribution in [-0.2, 0) is 9.53 Å². The molecule has 0 saturated heterocycles. The summed E-state index contributed by atoms with van der Waals surface area (Å²) in [6.45, 7) is 0. The van der Waals surface area contributed by atoms with Crippen LogP contribution in [0.4, 0.5) is 0 Å². The van der Waals surface area contributed by atoms with Gasteiger partial charge < -0.3 is 4.74 Å². The predicted octanol–water partition coefficient (Wildman–Crippen LogP) is 1.74. The van der Waals surface area contributed by atoms with Gasteiger partial charge in [-0.2, -0.15) is 5.26 Å². The van der Waals surface area contributed by atoms with Gasteiger partial charge in [0.05, 0.1) is 17.7 Å². The molecule has 0 spiro atoms. The molecule has 3 nitrogen and oxygen atoms in total. The average molecular weight is 220 g/mol. The second-order valence-corrected chi connectivity index (χ2v) is 2.96. The van der Waals surface area contributed by atoms with Crippen molar-refractivity contribution in [2.45, 2.75) is 0 Å². The Morgan fingerprint density at radius 3 is 2.80 bits per heavy atom. The molecule has 0 aliphatic carbocycles. The molecule has 0 aromatic heterocycles. The zero-order valence-corrected chi connectivity index (χ0v) is 8.63. The second-order valence-electron chi connectivity index (χ2n) is 2.55. The summed E-state index contributed by atoms with van der Waals surface area (Å²) in [5, 5.41) is 8.93. The summed E-state index contributed by atoms with van der Waals surface area (Å²) in [6, 6.07) is 6.61. The first-order valence-corrected chi connectivity index (χ1v) is 4.35. The van der Waals surface area contributed by atoms with Crippen LogP contribution in [0.2, 0.25) is 5.02 Å². The fraction of sp³-hybridized carbons (Fsp3) is 0.0909. The van der Waals surface area contributed by atoms with Crippen molar-refractivity contribution in [2.75, 3.05) is 7.11 Å². The number of hydrogen-bond acceptors (Lipinski definition) is 3. The first kappa shape index (κ1) is 11.1. The van der Waals surface area contributed by atoms with Crippen molar-refractivity contribution in [3.05, 3.63) is 34.3 Å². The van der Waals surface area contributed by atoms with Gasteiger partial charge in [0.25, 0.3) is 0 Å². The summed E-state index contributed by atoms with van der Waals surface area (Å²) in [5.74, 6) is 4.21. The molecule has 0 heterocycles. The molecule has 1 aromatic carbocycles. The maximum atomic E-state index is 10.7. The van der Waals surface area contributed by atoms with E-state index in [1.165, 1.54) is 13.2 Å². The fourth-order valence-electron chi connectivity index (χ4n) is 0.858. The molecule has 0 amide bonds. The van der Waals surface area contributed by atoms with Crippen LogP contribution in [-0.4, -0.2) is 13.1 Å². The Morgan fingerprint density at radius 2 is 2.27 bits per heavy atom. The molecule has 0 saturated carbocycles. The van der Waals surface area contributed by atoms with Crippen molar-refractivity contribution in [1.29, 1.82) is 5.26 Å². The molecule has 0 aliphatic rings. The Bertz CT molecular complexity index is 492. The number of methoxy groups -OCH3 is 1. The van der Waals surface area contributed by atoms with Crippen LogP contribution in [0, 0.1) is 23.2 Å². The number of carbonyl (C=O) groups is 1. The van der Waals surface area contributed by atoms with E-state index >= 15 is 0 Å². The monoisotopic (exact) mass is 219 g/mol. The van der Waals surface area contributed by atoms with Crippen molar-refractivity contribution >= 4 is 17.6 Å². The molecule has 0 fully saturated rings. The third kappa shape index (κ3) is 3.02. The van der Waals surface area contributed by atoms with Gasteiger partial charge in [0.15, 0.2) is 0 Å². The summed E-state index contributed by atoms with van der Waals surface area (Å²) >= 11 is 5.77. The van der Waals surface area contributed by atoms with Crippen LogP contribution >= 0.6 is 11.6 Å². The highest BCUT2D eigenvalue weighted by Crippen LogP contribution is 2.16. The van der Waals surface area contributed by atoms with E-state index in [-0.39, 0.29) is 0 Å². The molecule has 0 N–H and O–H groups in total. The SMILES string of the molecule is COC(=O)C#Cc1ccc(C#N)c(Cl)c1. The van der Waals surface area contributed by atoms with E-state index in [2.05, 4.69) is 16.6 Å². The molecule has 0 unspecified atom stereocenters. The van der Waals surface area contributed by atoms with Crippen LogP contribution in [0.5, 0.6) is 0 Å². The lowest BCUT2D eigenvalue weighted by atomic mass is 10.1. The summed E-state index contributed by atoms with van der Waals surface area (Å²) in [4.78, 5) is 10.7. The van der Waals surface area contributed by atoms with E-state index < -0.39 is 5.97 Å². The number of halogens is 1. The fourth-order valence-corrected chi connectivity index (χ4v) is 1.08. The van der Waals surface area contributed by atoms with E-state index in [0.29, 0.717) is 16.1 Å². The number of ether oxygens (including phenoxy) is 1. The number of esters is 1. The van der Waals surface area contributed by atoms with Crippen LogP contribution in [0.25, 0.3) is 0 Å². The lowest BCUT2D eigenvalue weighted by Gasteiger charge is -1.94. The summed E-state index contributed by atoms with van der Waals surface area (Å²) in [5.41, 5.74) is 0.935. The zero-order chi connectivity index (χ0) is 11.3. The summed E-state index contributed by atoms with van der Waals surface area (Å²) in [6.07, 6.45) is 0. The third-order valence-corrected chi connectivity index (χ3v) is 1.90. The van der Waals surface area contributed by atoms with Gasteiger partial charge in [0.1, 0.15) is 6.07 Å². The smallest absolute Gasteiger partial charge is 0.384 e. The van der Waals surface area contributed by atoms with Gasteiger partial charge in [0.2, 0.25) is 0 Å². The Hall–Kier alpha value is -1.97. The lowest BCUT2D eigenvalue weighted by Crippen LogP contribution is -1.94. The maximum Gasteiger partial charge on any atom is 0.384 e. The lowest BCUT2D eigenvalue weighted by molar-refractivity contribution is -0.133. The molecule has 0 radical (unpaired) electrons. The topological polar surface area (TPSA) is 50.1 Å². The first-order chi connectivity index (χ1) is 7.17. The minimum Gasteiger partial charge on any atom is -0.459 e. The highest BCUT2D eigenvalue weighted by atomic mass is 35.5. The minimum absolute atomic E-state index is 0.314. The van der Waals surface area contributed by atoms with E-state index in [1.54, 1.807) is 12.1 Å². The molecule has 0 atom stereocenters. The maximum absolute atomic E-state index is 10.7. The molecule has 74 valence electrons. The number of rotatable bonds is 0. The number of carbonyl (C=O) groups excluding carboxylic acids is 1. The van der Waals surface area contributed by atoms with Gasteiger partial charge >= 0.3 is 5.97 Å². The van der Waals surface area contributed by atoms with Gasteiger partial charge in [-0.25, -0.2) is 4.79 Å². The summed E-state index contributed by atoms with van der Waals surface area (Å²) in [7, 11) is 1.25. The van der Waals surface area contributed by atoms with Gasteiger partial charge in [-0.05, 0) is 18.2 Å². The van der Waals surface area contributed by atoms with Gasteiger partial charge in [-0.1, -0.05) is 17.5 Å². The van der Waals surface area contributed by atoms with Crippen LogP contribution in [0.3, 0.4) is 0 Å². The van der Waals surface area contributed by atoms with E-state index in [4.69, 9.17) is 16.9 Å². The molecular weight excluding hydrogens is 214 g/mol. The summed E-state index contributed by atoms with van der Waals surface area (Å²) < 4.78 is 4.35. The van der Waals surface area contributed by atoms with Crippen LogP contribution in [0.1, 0.15) is 11.1 Å². The van der Waals surface area contributed by atoms with Crippen molar-refractivity contribution in [3.63, 3.8) is 0 Å². The number of benzene rings is 1. The van der Waals surface area contributed by atoms with Gasteiger partial charge in [-0.3, -0.25) is 0 Å². The quantitative estimate of drug-likeness (QED) is 0.493. The zero-order valence-electron chi connectivity index (χ0n) is 7.87. The molecule has 4 heteroatoms. The molecule has 0 aliphatic heterocycles. The highest BCUT2D eigenvalue weighted by molar-refractivity contribution is 6.31. The Balaban J connectivity index is 2.98. The third-order valence-electron chi connectivity index (χ3n) is 1.58. The van der Waals surface area contributed by atoms with Crippen molar-refractivity contribution in [3.8, 4) is 17.9 Å². The number of nitrogens with zero attached hydrogens (tertiary/aromatic N) is 1. The second kappa shape index (κ2) is 5.05. The van der Waals surface area contributed by atoms with Crippen LogP contribution < -0.4 is 0 Å². The molecule has 1 aromatic rings.